The summed E-state index contributed by atoms with van der Waals surface area (Å²) in [6.07, 6.45) is 9.09. The van der Waals surface area contributed by atoms with Crippen molar-refractivity contribution in [3.63, 3.8) is 0 Å². The Morgan fingerprint density at radius 3 is 2.48 bits per heavy atom. The van der Waals surface area contributed by atoms with E-state index in [1.807, 2.05) is 0 Å². The van der Waals surface area contributed by atoms with Crippen LogP contribution in [0.1, 0.15) is 57.9 Å². The highest BCUT2D eigenvalue weighted by Crippen LogP contribution is 2.20. The van der Waals surface area contributed by atoms with Crippen LogP contribution in [0.4, 0.5) is 0 Å². The number of hydrogen-bond donors (Lipinski definition) is 1. The van der Waals surface area contributed by atoms with Gasteiger partial charge in [0.05, 0.1) is 19.3 Å². The molecule has 2 rings (SSSR count). The van der Waals surface area contributed by atoms with E-state index in [2.05, 4.69) is 43.4 Å². The van der Waals surface area contributed by atoms with Crippen LogP contribution in [0.2, 0.25) is 0 Å². The topological polar surface area (TPSA) is 30.5 Å². The van der Waals surface area contributed by atoms with E-state index in [1.54, 1.807) is 0 Å². The van der Waals surface area contributed by atoms with E-state index in [4.69, 9.17) is 9.47 Å². The first-order valence-corrected chi connectivity index (χ1v) is 9.31. The summed E-state index contributed by atoms with van der Waals surface area (Å²) >= 11 is 0. The fourth-order valence-corrected chi connectivity index (χ4v) is 2.98. The fourth-order valence-electron chi connectivity index (χ4n) is 2.98. The molecule has 0 radical (unpaired) electrons. The number of benzene rings is 1. The summed E-state index contributed by atoms with van der Waals surface area (Å²) < 4.78 is 11.8. The van der Waals surface area contributed by atoms with Gasteiger partial charge in [0.25, 0.3) is 0 Å². The third-order valence-corrected chi connectivity index (χ3v) is 4.36. The third-order valence-electron chi connectivity index (χ3n) is 4.36. The largest absolute Gasteiger partial charge is 0.494 e. The molecule has 0 heterocycles. The molecule has 130 valence electrons. The lowest BCUT2D eigenvalue weighted by atomic mass is 9.98. The molecule has 0 amide bonds. The molecule has 1 aromatic carbocycles. The van der Waals surface area contributed by atoms with Crippen molar-refractivity contribution in [3.05, 3.63) is 29.8 Å². The van der Waals surface area contributed by atoms with Gasteiger partial charge in [-0.15, -0.1) is 0 Å². The Kier molecular flexibility index (Phi) is 8.48. The molecular formula is C20H33NO2. The van der Waals surface area contributed by atoms with Crippen molar-refractivity contribution in [2.24, 2.45) is 0 Å². The van der Waals surface area contributed by atoms with Crippen molar-refractivity contribution in [3.8, 4) is 5.75 Å². The van der Waals surface area contributed by atoms with Crippen LogP contribution < -0.4 is 10.1 Å². The summed E-state index contributed by atoms with van der Waals surface area (Å²) in [5.41, 5.74) is 1.33. The molecule has 0 aromatic heterocycles. The molecule has 0 aliphatic heterocycles. The first-order valence-electron chi connectivity index (χ1n) is 9.31. The van der Waals surface area contributed by atoms with Gasteiger partial charge in [-0.1, -0.05) is 45.2 Å². The van der Waals surface area contributed by atoms with E-state index >= 15 is 0 Å². The Morgan fingerprint density at radius 1 is 1.04 bits per heavy atom. The zero-order valence-corrected chi connectivity index (χ0v) is 14.9. The SMILES string of the molecule is CC(C)NCCCOc1ccc(CCOC2CCCCC2)cc1. The molecule has 0 unspecified atom stereocenters. The van der Waals surface area contributed by atoms with Crippen LogP contribution in [0.25, 0.3) is 0 Å². The van der Waals surface area contributed by atoms with Crippen molar-refractivity contribution < 1.29 is 9.47 Å². The van der Waals surface area contributed by atoms with Crippen LogP contribution in [-0.2, 0) is 11.2 Å². The second kappa shape index (κ2) is 10.7. The first kappa shape index (κ1) is 18.3. The molecule has 1 saturated carbocycles. The Balaban J connectivity index is 1.58. The minimum Gasteiger partial charge on any atom is -0.494 e. The van der Waals surface area contributed by atoms with Gasteiger partial charge in [-0.3, -0.25) is 0 Å². The van der Waals surface area contributed by atoms with Crippen molar-refractivity contribution in [2.75, 3.05) is 19.8 Å². The normalized spacial score (nSPS) is 16.0. The van der Waals surface area contributed by atoms with E-state index in [9.17, 15) is 0 Å². The van der Waals surface area contributed by atoms with E-state index in [1.165, 1.54) is 37.7 Å². The molecule has 23 heavy (non-hydrogen) atoms. The second-order valence-electron chi connectivity index (χ2n) is 6.84. The van der Waals surface area contributed by atoms with Crippen LogP contribution in [0.5, 0.6) is 5.75 Å². The highest BCUT2D eigenvalue weighted by molar-refractivity contribution is 5.27. The highest BCUT2D eigenvalue weighted by atomic mass is 16.5. The van der Waals surface area contributed by atoms with Gasteiger partial charge in [-0.25, -0.2) is 0 Å². The molecule has 1 aliphatic carbocycles. The van der Waals surface area contributed by atoms with Gasteiger partial charge in [-0.2, -0.15) is 0 Å². The molecule has 3 heteroatoms. The molecule has 1 fully saturated rings. The quantitative estimate of drug-likeness (QED) is 0.651. The van der Waals surface area contributed by atoms with Crippen LogP contribution in [-0.4, -0.2) is 31.9 Å². The van der Waals surface area contributed by atoms with E-state index in [0.717, 1.165) is 38.3 Å². The van der Waals surface area contributed by atoms with E-state index in [-0.39, 0.29) is 0 Å². The Labute approximate surface area is 141 Å². The monoisotopic (exact) mass is 319 g/mol. The maximum Gasteiger partial charge on any atom is 0.119 e. The lowest BCUT2D eigenvalue weighted by molar-refractivity contribution is 0.0303. The summed E-state index contributed by atoms with van der Waals surface area (Å²) in [5.74, 6) is 0.964. The van der Waals surface area contributed by atoms with Crippen molar-refractivity contribution in [1.29, 1.82) is 0 Å². The van der Waals surface area contributed by atoms with Crippen LogP contribution >= 0.6 is 0 Å². The Bertz CT molecular complexity index is 410. The molecular weight excluding hydrogens is 286 g/mol. The van der Waals surface area contributed by atoms with Crippen LogP contribution in [0.15, 0.2) is 24.3 Å². The first-order chi connectivity index (χ1) is 11.2. The highest BCUT2D eigenvalue weighted by Gasteiger charge is 2.13. The predicted molar refractivity (Wildman–Crippen MR) is 96.2 cm³/mol. The maximum absolute atomic E-state index is 5.99. The van der Waals surface area contributed by atoms with Gasteiger partial charge in [0, 0.05) is 6.04 Å². The minimum absolute atomic E-state index is 0.505. The fraction of sp³-hybridized carbons (Fsp3) is 0.700. The van der Waals surface area contributed by atoms with Crippen molar-refractivity contribution in [2.45, 2.75) is 70.9 Å². The van der Waals surface area contributed by atoms with Crippen molar-refractivity contribution in [1.82, 2.24) is 5.32 Å². The standard InChI is InChI=1S/C20H33NO2/c1-17(2)21-14-6-15-22-20-11-9-18(10-12-20)13-16-23-19-7-4-3-5-8-19/h9-12,17,19,21H,3-8,13-16H2,1-2H3. The third kappa shape index (κ3) is 7.85. The lowest BCUT2D eigenvalue weighted by Crippen LogP contribution is -2.24. The predicted octanol–water partition coefficient (Wildman–Crippen LogP) is 4.35. The molecule has 3 nitrogen and oxygen atoms in total. The zero-order chi connectivity index (χ0) is 16.3. The molecule has 0 atom stereocenters. The molecule has 1 N–H and O–H groups in total. The summed E-state index contributed by atoms with van der Waals surface area (Å²) in [6.45, 7) is 6.94. The average molecular weight is 319 g/mol. The second-order valence-corrected chi connectivity index (χ2v) is 6.84. The average Bonchev–Trinajstić information content (AvgIpc) is 2.57. The van der Waals surface area contributed by atoms with E-state index < -0.39 is 0 Å². The summed E-state index contributed by atoms with van der Waals surface area (Å²) in [5, 5.41) is 3.40. The molecule has 1 aromatic rings. The van der Waals surface area contributed by atoms with Gasteiger partial charge >= 0.3 is 0 Å². The van der Waals surface area contributed by atoms with Gasteiger partial charge in [0.1, 0.15) is 5.75 Å². The summed E-state index contributed by atoms with van der Waals surface area (Å²) in [4.78, 5) is 0. The van der Waals surface area contributed by atoms with Gasteiger partial charge < -0.3 is 14.8 Å². The Morgan fingerprint density at radius 2 is 1.78 bits per heavy atom. The maximum atomic E-state index is 5.99. The van der Waals surface area contributed by atoms with Gasteiger partial charge in [-0.05, 0) is 49.9 Å². The van der Waals surface area contributed by atoms with Crippen LogP contribution in [0, 0.1) is 0 Å². The van der Waals surface area contributed by atoms with E-state index in [0.29, 0.717) is 12.1 Å². The Hall–Kier alpha value is -1.06. The van der Waals surface area contributed by atoms with Crippen LogP contribution in [0.3, 0.4) is 0 Å². The number of hydrogen-bond acceptors (Lipinski definition) is 3. The van der Waals surface area contributed by atoms with Crippen molar-refractivity contribution >= 4 is 0 Å². The molecule has 0 saturated heterocycles. The zero-order valence-electron chi connectivity index (χ0n) is 14.9. The van der Waals surface area contributed by atoms with Gasteiger partial charge in [0.2, 0.25) is 0 Å². The minimum atomic E-state index is 0.505. The summed E-state index contributed by atoms with van der Waals surface area (Å²) in [7, 11) is 0. The summed E-state index contributed by atoms with van der Waals surface area (Å²) in [6, 6.07) is 9.01. The number of rotatable bonds is 10. The molecule has 1 aliphatic rings. The molecule has 0 spiro atoms. The number of nitrogens with one attached hydrogen (secondary N) is 1. The van der Waals surface area contributed by atoms with Gasteiger partial charge in [0.15, 0.2) is 0 Å². The molecule has 0 bridgehead atoms. The lowest BCUT2D eigenvalue weighted by Gasteiger charge is -2.21. The number of ether oxygens (including phenoxy) is 2. The smallest absolute Gasteiger partial charge is 0.119 e.